The number of rotatable bonds is 10. The predicted octanol–water partition coefficient (Wildman–Crippen LogP) is 5.83. The molecule has 0 spiro atoms. The molecule has 132 valence electrons. The highest BCUT2D eigenvalue weighted by molar-refractivity contribution is 6.13. The van der Waals surface area contributed by atoms with Crippen molar-refractivity contribution in [2.75, 3.05) is 0 Å². The van der Waals surface area contributed by atoms with Gasteiger partial charge in [0.15, 0.2) is 11.6 Å². The van der Waals surface area contributed by atoms with Gasteiger partial charge in [-0.15, -0.1) is 0 Å². The van der Waals surface area contributed by atoms with Crippen LogP contribution in [0.1, 0.15) is 77.8 Å². The molecule has 0 amide bonds. The third-order valence-corrected chi connectivity index (χ3v) is 4.46. The van der Waals surface area contributed by atoms with Gasteiger partial charge in [0.2, 0.25) is 0 Å². The molecule has 0 aliphatic rings. The minimum Gasteiger partial charge on any atom is -0.294 e. The molecule has 0 N–H and O–H groups in total. The summed E-state index contributed by atoms with van der Waals surface area (Å²) in [5, 5.41) is 0. The van der Waals surface area contributed by atoms with Gasteiger partial charge in [0.25, 0.3) is 0 Å². The first-order chi connectivity index (χ1) is 12.1. The third-order valence-electron chi connectivity index (χ3n) is 4.46. The van der Waals surface area contributed by atoms with Gasteiger partial charge in [-0.25, -0.2) is 0 Å². The van der Waals surface area contributed by atoms with E-state index in [0.717, 1.165) is 38.5 Å². The van der Waals surface area contributed by atoms with Crippen LogP contribution in [0.2, 0.25) is 0 Å². The van der Waals surface area contributed by atoms with Gasteiger partial charge in [-0.3, -0.25) is 9.59 Å². The lowest BCUT2D eigenvalue weighted by molar-refractivity contribution is 0.0894. The lowest BCUT2D eigenvalue weighted by Crippen LogP contribution is -2.09. The van der Waals surface area contributed by atoms with Crippen molar-refractivity contribution in [1.82, 2.24) is 0 Å². The Morgan fingerprint density at radius 2 is 1.16 bits per heavy atom. The molecule has 0 unspecified atom stereocenters. The van der Waals surface area contributed by atoms with Gasteiger partial charge in [0, 0.05) is 11.1 Å². The lowest BCUT2D eigenvalue weighted by atomic mass is 9.97. The fourth-order valence-corrected chi connectivity index (χ4v) is 2.91. The number of carbonyl (C=O) groups excluding carboxylic acids is 2. The van der Waals surface area contributed by atoms with Crippen molar-refractivity contribution >= 4 is 11.6 Å². The molecular formula is C23H28O2. The Kier molecular flexibility index (Phi) is 7.59. The molecule has 25 heavy (non-hydrogen) atoms. The second-order valence-electron chi connectivity index (χ2n) is 6.63. The van der Waals surface area contributed by atoms with Crippen LogP contribution in [0.4, 0.5) is 0 Å². The number of Topliss-reactive ketones (excluding diaryl/α,β-unsaturated/α-hetero) is 2. The summed E-state index contributed by atoms with van der Waals surface area (Å²) >= 11 is 0. The number of carbonyl (C=O) groups is 2. The fourth-order valence-electron chi connectivity index (χ4n) is 2.91. The molecular weight excluding hydrogens is 308 g/mol. The van der Waals surface area contributed by atoms with Crippen molar-refractivity contribution in [3.05, 3.63) is 70.8 Å². The topological polar surface area (TPSA) is 34.1 Å². The molecule has 0 heterocycles. The first-order valence-corrected chi connectivity index (χ1v) is 9.38. The molecule has 0 atom stereocenters. The van der Waals surface area contributed by atoms with Gasteiger partial charge in [0.05, 0.1) is 6.42 Å². The molecule has 0 saturated heterocycles. The average molecular weight is 336 g/mol. The molecule has 2 nitrogen and oxygen atoms in total. The Bertz CT molecular complexity index is 654. The first-order valence-electron chi connectivity index (χ1n) is 9.38. The minimum absolute atomic E-state index is 0.0610. The number of hydrogen-bond acceptors (Lipinski definition) is 2. The van der Waals surface area contributed by atoms with Crippen LogP contribution in [0.15, 0.2) is 48.5 Å². The Hall–Kier alpha value is -2.22. The minimum atomic E-state index is -0.0951. The van der Waals surface area contributed by atoms with E-state index in [0.29, 0.717) is 11.1 Å². The highest BCUT2D eigenvalue weighted by Gasteiger charge is 2.14. The molecule has 2 heteroatoms. The van der Waals surface area contributed by atoms with E-state index in [1.807, 2.05) is 48.5 Å². The Labute approximate surface area is 151 Å². The maximum Gasteiger partial charge on any atom is 0.170 e. The van der Waals surface area contributed by atoms with Crippen molar-refractivity contribution in [2.24, 2.45) is 0 Å². The van der Waals surface area contributed by atoms with E-state index in [-0.39, 0.29) is 18.0 Å². The monoisotopic (exact) mass is 336 g/mol. The van der Waals surface area contributed by atoms with Crippen LogP contribution in [-0.2, 0) is 12.8 Å². The molecule has 2 aromatic rings. The summed E-state index contributed by atoms with van der Waals surface area (Å²) in [5.41, 5.74) is 3.62. The Morgan fingerprint density at radius 1 is 0.720 bits per heavy atom. The Morgan fingerprint density at radius 3 is 1.56 bits per heavy atom. The summed E-state index contributed by atoms with van der Waals surface area (Å²) < 4.78 is 0. The van der Waals surface area contributed by atoms with Crippen molar-refractivity contribution < 1.29 is 9.59 Å². The summed E-state index contributed by atoms with van der Waals surface area (Å²) in [6.07, 6.45) is 6.38. The van der Waals surface area contributed by atoms with Crippen LogP contribution in [0, 0.1) is 0 Å². The van der Waals surface area contributed by atoms with Crippen molar-refractivity contribution in [3.63, 3.8) is 0 Å². The lowest BCUT2D eigenvalue weighted by Gasteiger charge is -2.06. The second-order valence-corrected chi connectivity index (χ2v) is 6.63. The van der Waals surface area contributed by atoms with Gasteiger partial charge in [-0.2, -0.15) is 0 Å². The van der Waals surface area contributed by atoms with Crippen molar-refractivity contribution in [2.45, 2.75) is 58.8 Å². The van der Waals surface area contributed by atoms with E-state index in [4.69, 9.17) is 0 Å². The summed E-state index contributed by atoms with van der Waals surface area (Å²) in [7, 11) is 0. The molecule has 0 radical (unpaired) electrons. The summed E-state index contributed by atoms with van der Waals surface area (Å²) in [5.74, 6) is -0.190. The number of unbranched alkanes of at least 4 members (excludes halogenated alkanes) is 2. The van der Waals surface area contributed by atoms with Crippen LogP contribution in [-0.4, -0.2) is 11.6 Å². The zero-order valence-electron chi connectivity index (χ0n) is 15.4. The zero-order chi connectivity index (χ0) is 18.1. The number of aryl methyl sites for hydroxylation is 2. The molecule has 0 saturated carbocycles. The van der Waals surface area contributed by atoms with E-state index < -0.39 is 0 Å². The number of benzene rings is 2. The van der Waals surface area contributed by atoms with Gasteiger partial charge >= 0.3 is 0 Å². The van der Waals surface area contributed by atoms with Crippen LogP contribution in [0.5, 0.6) is 0 Å². The zero-order valence-corrected chi connectivity index (χ0v) is 15.4. The molecule has 0 bridgehead atoms. The van der Waals surface area contributed by atoms with Gasteiger partial charge in [0.1, 0.15) is 0 Å². The van der Waals surface area contributed by atoms with Crippen LogP contribution < -0.4 is 0 Å². The maximum atomic E-state index is 12.5. The normalized spacial score (nSPS) is 10.6. The van der Waals surface area contributed by atoms with Gasteiger partial charge in [-0.1, -0.05) is 63.1 Å². The summed E-state index contributed by atoms with van der Waals surface area (Å²) in [4.78, 5) is 25.0. The average Bonchev–Trinajstić information content (AvgIpc) is 2.65. The maximum absolute atomic E-state index is 12.5. The van der Waals surface area contributed by atoms with Gasteiger partial charge in [-0.05, 0) is 48.9 Å². The van der Waals surface area contributed by atoms with Gasteiger partial charge < -0.3 is 0 Å². The second kappa shape index (κ2) is 9.93. The van der Waals surface area contributed by atoms with Crippen LogP contribution in [0.3, 0.4) is 0 Å². The fraction of sp³-hybridized carbons (Fsp3) is 0.391. The predicted molar refractivity (Wildman–Crippen MR) is 103 cm³/mol. The van der Waals surface area contributed by atoms with E-state index >= 15 is 0 Å². The van der Waals surface area contributed by atoms with Crippen LogP contribution in [0.25, 0.3) is 0 Å². The molecule has 0 aromatic heterocycles. The van der Waals surface area contributed by atoms with E-state index in [2.05, 4.69) is 13.8 Å². The number of hydrogen-bond donors (Lipinski definition) is 0. The summed E-state index contributed by atoms with van der Waals surface area (Å²) in [6.45, 7) is 4.31. The van der Waals surface area contributed by atoms with E-state index in [1.54, 1.807) is 0 Å². The molecule has 2 rings (SSSR count). The largest absolute Gasteiger partial charge is 0.294 e. The molecule has 2 aromatic carbocycles. The molecule has 0 aliphatic carbocycles. The SMILES string of the molecule is CCCCc1cccc(C(=O)CC(=O)c2cccc(CCCC)c2)c1. The number of ketones is 2. The highest BCUT2D eigenvalue weighted by Crippen LogP contribution is 2.14. The molecule has 0 fully saturated rings. The third kappa shape index (κ3) is 5.97. The van der Waals surface area contributed by atoms with Crippen LogP contribution >= 0.6 is 0 Å². The first kappa shape index (κ1) is 19.1. The smallest absolute Gasteiger partial charge is 0.170 e. The Balaban J connectivity index is 2.03. The van der Waals surface area contributed by atoms with E-state index in [1.165, 1.54) is 11.1 Å². The van der Waals surface area contributed by atoms with Crippen molar-refractivity contribution in [1.29, 1.82) is 0 Å². The molecule has 0 aliphatic heterocycles. The highest BCUT2D eigenvalue weighted by atomic mass is 16.1. The standard InChI is InChI=1S/C23H28O2/c1-3-5-9-18-11-7-13-20(15-18)22(24)17-23(25)21-14-8-12-19(16-21)10-6-4-2/h7-8,11-16H,3-6,9-10,17H2,1-2H3. The summed E-state index contributed by atoms with van der Waals surface area (Å²) in [6, 6.07) is 15.4. The quantitative estimate of drug-likeness (QED) is 0.404. The van der Waals surface area contributed by atoms with Crippen molar-refractivity contribution in [3.8, 4) is 0 Å². The van der Waals surface area contributed by atoms with E-state index in [9.17, 15) is 9.59 Å².